The highest BCUT2D eigenvalue weighted by Gasteiger charge is 2.39. The number of ether oxygens (including phenoxy) is 2. The fourth-order valence-corrected chi connectivity index (χ4v) is 6.30. The van der Waals surface area contributed by atoms with Crippen LogP contribution in [0.1, 0.15) is 58.8 Å². The average Bonchev–Trinajstić information content (AvgIpc) is 2.78. The molecular formula is C22H42N4O2S. The van der Waals surface area contributed by atoms with Crippen molar-refractivity contribution in [3.05, 3.63) is 0 Å². The molecule has 2 N–H and O–H groups in total. The van der Waals surface area contributed by atoms with Crippen molar-refractivity contribution in [2.75, 3.05) is 64.9 Å². The summed E-state index contributed by atoms with van der Waals surface area (Å²) in [4.78, 5) is 7.81. The van der Waals surface area contributed by atoms with Crippen molar-refractivity contribution in [1.82, 2.24) is 15.5 Å². The minimum absolute atomic E-state index is 0.221. The Bertz CT molecular complexity index is 494. The van der Waals surface area contributed by atoms with Gasteiger partial charge >= 0.3 is 0 Å². The van der Waals surface area contributed by atoms with E-state index in [0.29, 0.717) is 0 Å². The minimum atomic E-state index is 0.221. The highest BCUT2D eigenvalue weighted by Crippen LogP contribution is 2.36. The lowest BCUT2D eigenvalue weighted by atomic mass is 9.80. The molecule has 168 valence electrons. The van der Waals surface area contributed by atoms with Crippen molar-refractivity contribution in [3.8, 4) is 0 Å². The molecule has 3 aliphatic rings. The van der Waals surface area contributed by atoms with Crippen molar-refractivity contribution >= 4 is 17.7 Å². The highest BCUT2D eigenvalue weighted by molar-refractivity contribution is 8.00. The maximum Gasteiger partial charge on any atom is 0.191 e. The zero-order valence-corrected chi connectivity index (χ0v) is 19.5. The van der Waals surface area contributed by atoms with Gasteiger partial charge in [-0.3, -0.25) is 9.89 Å². The van der Waals surface area contributed by atoms with Gasteiger partial charge < -0.3 is 20.1 Å². The molecule has 2 saturated heterocycles. The maximum absolute atomic E-state index is 5.63. The van der Waals surface area contributed by atoms with Gasteiger partial charge in [-0.05, 0) is 38.4 Å². The van der Waals surface area contributed by atoms with Crippen LogP contribution >= 0.6 is 11.8 Å². The van der Waals surface area contributed by atoms with Gasteiger partial charge in [0.25, 0.3) is 0 Å². The minimum Gasteiger partial charge on any atom is -0.381 e. The molecule has 1 aliphatic carbocycles. The smallest absolute Gasteiger partial charge is 0.191 e. The molecule has 0 bridgehead atoms. The van der Waals surface area contributed by atoms with Crippen LogP contribution in [0.25, 0.3) is 0 Å². The lowest BCUT2D eigenvalue weighted by molar-refractivity contribution is -0.0333. The van der Waals surface area contributed by atoms with Crippen LogP contribution in [0.3, 0.4) is 0 Å². The molecule has 29 heavy (non-hydrogen) atoms. The van der Waals surface area contributed by atoms with Gasteiger partial charge in [0.15, 0.2) is 5.96 Å². The van der Waals surface area contributed by atoms with Crippen LogP contribution in [0.2, 0.25) is 0 Å². The number of hydrogen-bond acceptors (Lipinski definition) is 5. The Kier molecular flexibility index (Phi) is 9.41. The molecule has 2 aliphatic heterocycles. The first-order chi connectivity index (χ1) is 14.2. The lowest BCUT2D eigenvalue weighted by Crippen LogP contribution is -2.57. The molecule has 3 fully saturated rings. The number of aliphatic imine (C=N–C) groups is 1. The van der Waals surface area contributed by atoms with Gasteiger partial charge in [0.05, 0.1) is 19.8 Å². The van der Waals surface area contributed by atoms with E-state index >= 15 is 0 Å². The third-order valence-electron chi connectivity index (χ3n) is 6.77. The SMILES string of the molecule is CCNC(=NCC1(N2CCOCC2)CCCCC1)NCC1(SCC)CCOCC1. The molecule has 0 spiro atoms. The summed E-state index contributed by atoms with van der Waals surface area (Å²) < 4.78 is 11.5. The number of thioether (sulfide) groups is 1. The van der Waals surface area contributed by atoms with Crippen molar-refractivity contribution < 1.29 is 9.47 Å². The molecule has 0 unspecified atom stereocenters. The Labute approximate surface area is 181 Å². The van der Waals surface area contributed by atoms with E-state index in [1.165, 1.54) is 32.1 Å². The Balaban J connectivity index is 1.65. The van der Waals surface area contributed by atoms with Crippen molar-refractivity contribution in [2.45, 2.75) is 69.1 Å². The summed E-state index contributed by atoms with van der Waals surface area (Å²) in [5.74, 6) is 2.13. The second-order valence-electron chi connectivity index (χ2n) is 8.66. The second-order valence-corrected chi connectivity index (χ2v) is 10.4. The number of nitrogens with one attached hydrogen (secondary N) is 2. The Hall–Kier alpha value is -0.500. The largest absolute Gasteiger partial charge is 0.381 e. The van der Waals surface area contributed by atoms with Crippen molar-refractivity contribution in [1.29, 1.82) is 0 Å². The van der Waals surface area contributed by atoms with Crippen LogP contribution in [0.15, 0.2) is 4.99 Å². The summed E-state index contributed by atoms with van der Waals surface area (Å²) in [5, 5.41) is 7.19. The molecule has 0 aromatic heterocycles. The third kappa shape index (κ3) is 6.49. The van der Waals surface area contributed by atoms with Crippen LogP contribution in [0.5, 0.6) is 0 Å². The van der Waals surface area contributed by atoms with Gasteiger partial charge in [0.1, 0.15) is 0 Å². The molecule has 7 heteroatoms. The van der Waals surface area contributed by atoms with E-state index in [1.54, 1.807) is 0 Å². The summed E-state index contributed by atoms with van der Waals surface area (Å²) >= 11 is 2.08. The Morgan fingerprint density at radius 2 is 1.62 bits per heavy atom. The van der Waals surface area contributed by atoms with Crippen molar-refractivity contribution in [3.63, 3.8) is 0 Å². The van der Waals surface area contributed by atoms with E-state index in [9.17, 15) is 0 Å². The average molecular weight is 427 g/mol. The number of nitrogens with zero attached hydrogens (tertiary/aromatic N) is 2. The van der Waals surface area contributed by atoms with Crippen LogP contribution in [-0.4, -0.2) is 86.0 Å². The van der Waals surface area contributed by atoms with E-state index in [-0.39, 0.29) is 10.3 Å². The third-order valence-corrected chi connectivity index (χ3v) is 8.23. The second kappa shape index (κ2) is 11.8. The molecule has 0 amide bonds. The van der Waals surface area contributed by atoms with Gasteiger partial charge in [0, 0.05) is 49.7 Å². The van der Waals surface area contributed by atoms with Gasteiger partial charge in [-0.25, -0.2) is 0 Å². The van der Waals surface area contributed by atoms with E-state index in [2.05, 4.69) is 41.1 Å². The first kappa shape index (κ1) is 23.2. The zero-order valence-electron chi connectivity index (χ0n) is 18.6. The predicted octanol–water partition coefficient (Wildman–Crippen LogP) is 2.88. The summed E-state index contributed by atoms with van der Waals surface area (Å²) in [7, 11) is 0. The number of morpholine rings is 1. The molecule has 0 aromatic rings. The van der Waals surface area contributed by atoms with E-state index in [4.69, 9.17) is 14.5 Å². The summed E-state index contributed by atoms with van der Waals surface area (Å²) in [6.07, 6.45) is 8.80. The van der Waals surface area contributed by atoms with Gasteiger partial charge in [-0.2, -0.15) is 11.8 Å². The fraction of sp³-hybridized carbons (Fsp3) is 0.955. The predicted molar refractivity (Wildman–Crippen MR) is 123 cm³/mol. The van der Waals surface area contributed by atoms with Crippen molar-refractivity contribution in [2.24, 2.45) is 4.99 Å². The molecule has 2 heterocycles. The topological polar surface area (TPSA) is 58.1 Å². The molecule has 1 saturated carbocycles. The fourth-order valence-electron chi connectivity index (χ4n) is 5.06. The number of guanidine groups is 1. The Morgan fingerprint density at radius 3 is 2.28 bits per heavy atom. The molecule has 3 rings (SSSR count). The van der Waals surface area contributed by atoms with Crippen LogP contribution in [0, 0.1) is 0 Å². The molecule has 0 radical (unpaired) electrons. The monoisotopic (exact) mass is 426 g/mol. The lowest BCUT2D eigenvalue weighted by Gasteiger charge is -2.47. The zero-order chi connectivity index (χ0) is 20.4. The van der Waals surface area contributed by atoms with Gasteiger partial charge in [0.2, 0.25) is 0 Å². The maximum atomic E-state index is 5.63. The summed E-state index contributed by atoms with van der Waals surface area (Å²) in [6, 6.07) is 0. The molecule has 0 aromatic carbocycles. The summed E-state index contributed by atoms with van der Waals surface area (Å²) in [6.45, 7) is 12.7. The quantitative estimate of drug-likeness (QED) is 0.460. The standard InChI is InChI=1S/C22H42N4O2S/c1-3-23-20(25-19-22(29-4-2)10-14-27-15-11-22)24-18-21(8-6-5-7-9-21)26-12-16-28-17-13-26/h3-19H2,1-2H3,(H2,23,24,25). The van der Waals surface area contributed by atoms with Crippen LogP contribution in [-0.2, 0) is 9.47 Å². The molecule has 0 atom stereocenters. The first-order valence-electron chi connectivity index (χ1n) is 11.8. The number of hydrogen-bond donors (Lipinski definition) is 2. The van der Waals surface area contributed by atoms with Crippen LogP contribution < -0.4 is 10.6 Å². The molecule has 6 nitrogen and oxygen atoms in total. The molecular weight excluding hydrogens is 384 g/mol. The normalized spacial score (nSPS) is 25.5. The van der Waals surface area contributed by atoms with Gasteiger partial charge in [-0.1, -0.05) is 26.2 Å². The van der Waals surface area contributed by atoms with E-state index in [1.807, 2.05) is 0 Å². The van der Waals surface area contributed by atoms with Crippen LogP contribution in [0.4, 0.5) is 0 Å². The Morgan fingerprint density at radius 1 is 0.931 bits per heavy atom. The van der Waals surface area contributed by atoms with E-state index < -0.39 is 0 Å². The number of rotatable bonds is 8. The highest BCUT2D eigenvalue weighted by atomic mass is 32.2. The van der Waals surface area contributed by atoms with E-state index in [0.717, 1.165) is 83.7 Å². The summed E-state index contributed by atoms with van der Waals surface area (Å²) in [5.41, 5.74) is 0.221. The van der Waals surface area contributed by atoms with Gasteiger partial charge in [-0.15, -0.1) is 0 Å². The first-order valence-corrected chi connectivity index (χ1v) is 12.8.